The fourth-order valence-corrected chi connectivity index (χ4v) is 2.63. The molecule has 0 saturated carbocycles. The summed E-state index contributed by atoms with van der Waals surface area (Å²) >= 11 is 0. The van der Waals surface area contributed by atoms with E-state index in [4.69, 9.17) is 4.52 Å². The Morgan fingerprint density at radius 3 is 2.77 bits per heavy atom. The minimum Gasteiger partial charge on any atom is -0.375 e. The Hall–Kier alpha value is -2.09. The van der Waals surface area contributed by atoms with Gasteiger partial charge >= 0.3 is 6.18 Å². The molecule has 0 fully saturated rings. The van der Waals surface area contributed by atoms with E-state index in [2.05, 4.69) is 16.8 Å². The molecule has 22 heavy (non-hydrogen) atoms. The van der Waals surface area contributed by atoms with Crippen molar-refractivity contribution in [3.63, 3.8) is 0 Å². The van der Waals surface area contributed by atoms with Crippen LogP contribution in [0.2, 0.25) is 0 Å². The summed E-state index contributed by atoms with van der Waals surface area (Å²) in [6.45, 7) is 6.41. The van der Waals surface area contributed by atoms with Crippen LogP contribution in [0.5, 0.6) is 0 Å². The van der Waals surface area contributed by atoms with Gasteiger partial charge in [0.2, 0.25) is 5.60 Å². The zero-order valence-corrected chi connectivity index (χ0v) is 12.0. The van der Waals surface area contributed by atoms with Crippen LogP contribution in [-0.4, -0.2) is 26.2 Å². The molecule has 3 rings (SSSR count). The van der Waals surface area contributed by atoms with Crippen molar-refractivity contribution in [2.45, 2.75) is 38.1 Å². The molecule has 5 nitrogen and oxygen atoms in total. The van der Waals surface area contributed by atoms with E-state index in [9.17, 15) is 18.3 Å². The van der Waals surface area contributed by atoms with Crippen LogP contribution >= 0.6 is 0 Å². The molecule has 0 radical (unpaired) electrons. The standard InChI is InChI=1S/C14H14F3N3O2/c1-4-8-5-9-11-10(7(2)6-20(9)18-8)12(19-22-11)13(3,21)14(15,16)17/h4-5,7,21H,1,6H2,2-3H3/t7?,13-/m1/s1. The van der Waals surface area contributed by atoms with E-state index in [-0.39, 0.29) is 17.2 Å². The summed E-state index contributed by atoms with van der Waals surface area (Å²) < 4.78 is 46.0. The maximum Gasteiger partial charge on any atom is 0.422 e. The van der Waals surface area contributed by atoms with Crippen LogP contribution in [0.3, 0.4) is 0 Å². The number of hydrogen-bond acceptors (Lipinski definition) is 4. The van der Waals surface area contributed by atoms with Gasteiger partial charge in [-0.2, -0.15) is 18.3 Å². The third-order valence-electron chi connectivity index (χ3n) is 3.92. The molecule has 0 saturated heterocycles. The predicted octanol–water partition coefficient (Wildman–Crippen LogP) is 3.07. The smallest absolute Gasteiger partial charge is 0.375 e. The Morgan fingerprint density at radius 1 is 1.50 bits per heavy atom. The molecule has 118 valence electrons. The van der Waals surface area contributed by atoms with Crippen LogP contribution in [0.4, 0.5) is 13.2 Å². The van der Waals surface area contributed by atoms with Crippen LogP contribution < -0.4 is 0 Å². The molecule has 3 heterocycles. The van der Waals surface area contributed by atoms with E-state index in [0.717, 1.165) is 0 Å². The van der Waals surface area contributed by atoms with Crippen LogP contribution in [0.25, 0.3) is 17.5 Å². The highest BCUT2D eigenvalue weighted by molar-refractivity contribution is 5.64. The molecular formula is C14H14F3N3O2. The Balaban J connectivity index is 2.20. The summed E-state index contributed by atoms with van der Waals surface area (Å²) in [5.74, 6) is -0.117. The first-order chi connectivity index (χ1) is 10.2. The first-order valence-corrected chi connectivity index (χ1v) is 6.66. The third kappa shape index (κ3) is 1.90. The molecule has 0 aliphatic carbocycles. The predicted molar refractivity (Wildman–Crippen MR) is 71.9 cm³/mol. The summed E-state index contributed by atoms with van der Waals surface area (Å²) in [6, 6.07) is 1.66. The normalized spacial score (nSPS) is 20.2. The van der Waals surface area contributed by atoms with Crippen LogP contribution in [0.15, 0.2) is 17.2 Å². The summed E-state index contributed by atoms with van der Waals surface area (Å²) in [5.41, 5.74) is -2.17. The number of aromatic nitrogens is 3. The average molecular weight is 313 g/mol. The van der Waals surface area contributed by atoms with E-state index in [1.807, 2.05) is 0 Å². The summed E-state index contributed by atoms with van der Waals surface area (Å²) in [4.78, 5) is 0. The van der Waals surface area contributed by atoms with Crippen molar-refractivity contribution in [1.29, 1.82) is 0 Å². The van der Waals surface area contributed by atoms with Gasteiger partial charge in [0.05, 0.1) is 5.69 Å². The molecule has 2 aromatic rings. The number of aliphatic hydroxyl groups is 1. The van der Waals surface area contributed by atoms with Crippen LogP contribution in [-0.2, 0) is 12.1 Å². The second-order valence-electron chi connectivity index (χ2n) is 5.59. The summed E-state index contributed by atoms with van der Waals surface area (Å²) in [7, 11) is 0. The fraction of sp³-hybridized carbons (Fsp3) is 0.429. The number of nitrogens with zero attached hydrogens (tertiary/aromatic N) is 3. The van der Waals surface area contributed by atoms with Gasteiger partial charge in [-0.1, -0.05) is 18.7 Å². The van der Waals surface area contributed by atoms with Crippen molar-refractivity contribution in [2.24, 2.45) is 0 Å². The van der Waals surface area contributed by atoms with Gasteiger partial charge in [-0.15, -0.1) is 0 Å². The van der Waals surface area contributed by atoms with Gasteiger partial charge in [0, 0.05) is 18.0 Å². The minimum absolute atomic E-state index is 0.207. The average Bonchev–Trinajstić information content (AvgIpc) is 3.00. The maximum atomic E-state index is 13.1. The highest BCUT2D eigenvalue weighted by Crippen LogP contribution is 2.46. The molecule has 1 N–H and O–H groups in total. The van der Waals surface area contributed by atoms with Gasteiger partial charge in [0.15, 0.2) is 5.76 Å². The molecule has 0 aromatic carbocycles. The van der Waals surface area contributed by atoms with Crippen molar-refractivity contribution in [3.05, 3.63) is 29.6 Å². The van der Waals surface area contributed by atoms with Crippen molar-refractivity contribution >= 4 is 6.08 Å². The van der Waals surface area contributed by atoms with Gasteiger partial charge in [-0.05, 0) is 19.1 Å². The lowest BCUT2D eigenvalue weighted by atomic mass is 9.88. The molecule has 1 aliphatic rings. The maximum absolute atomic E-state index is 13.1. The molecular weight excluding hydrogens is 299 g/mol. The fourth-order valence-electron chi connectivity index (χ4n) is 2.63. The number of fused-ring (bicyclic) bond motifs is 3. The molecule has 2 aromatic heterocycles. The Kier molecular flexibility index (Phi) is 3.00. The Labute approximate surface area is 124 Å². The number of alkyl halides is 3. The highest BCUT2D eigenvalue weighted by atomic mass is 19.4. The zero-order chi connectivity index (χ0) is 16.3. The largest absolute Gasteiger partial charge is 0.422 e. The molecule has 0 bridgehead atoms. The first kappa shape index (κ1) is 14.8. The quantitative estimate of drug-likeness (QED) is 0.925. The Bertz CT molecular complexity index is 743. The van der Waals surface area contributed by atoms with E-state index >= 15 is 0 Å². The highest BCUT2D eigenvalue weighted by Gasteiger charge is 2.55. The lowest BCUT2D eigenvalue weighted by Crippen LogP contribution is -2.40. The topological polar surface area (TPSA) is 64.1 Å². The lowest BCUT2D eigenvalue weighted by Gasteiger charge is -2.27. The second kappa shape index (κ2) is 4.45. The van der Waals surface area contributed by atoms with Crippen molar-refractivity contribution in [1.82, 2.24) is 14.9 Å². The van der Waals surface area contributed by atoms with Gasteiger partial charge in [0.25, 0.3) is 0 Å². The molecule has 1 unspecified atom stereocenters. The molecule has 8 heteroatoms. The zero-order valence-electron chi connectivity index (χ0n) is 12.0. The SMILES string of the molecule is C=Cc1cc2n(n1)CC(C)c1c([C@@](C)(O)C(F)(F)F)noc1-2. The molecule has 1 aliphatic heterocycles. The second-order valence-corrected chi connectivity index (χ2v) is 5.59. The summed E-state index contributed by atoms with van der Waals surface area (Å²) in [6.07, 6.45) is -3.31. The molecule has 0 spiro atoms. The summed E-state index contributed by atoms with van der Waals surface area (Å²) in [5, 5.41) is 17.7. The van der Waals surface area contributed by atoms with Gasteiger partial charge < -0.3 is 9.63 Å². The van der Waals surface area contributed by atoms with Crippen molar-refractivity contribution in [3.8, 4) is 11.5 Å². The molecule has 0 amide bonds. The first-order valence-electron chi connectivity index (χ1n) is 6.66. The van der Waals surface area contributed by atoms with E-state index < -0.39 is 17.5 Å². The monoisotopic (exact) mass is 313 g/mol. The molecule has 2 atom stereocenters. The van der Waals surface area contributed by atoms with Crippen molar-refractivity contribution in [2.75, 3.05) is 0 Å². The van der Waals surface area contributed by atoms with Crippen LogP contribution in [0, 0.1) is 0 Å². The number of hydrogen-bond donors (Lipinski definition) is 1. The number of halogens is 3. The Morgan fingerprint density at radius 2 is 2.18 bits per heavy atom. The van der Waals surface area contributed by atoms with Crippen LogP contribution in [0.1, 0.15) is 36.7 Å². The third-order valence-corrected chi connectivity index (χ3v) is 3.92. The van der Waals surface area contributed by atoms with Crippen molar-refractivity contribution < 1.29 is 22.8 Å². The number of rotatable bonds is 2. The van der Waals surface area contributed by atoms with Gasteiger partial charge in [-0.25, -0.2) is 0 Å². The lowest BCUT2D eigenvalue weighted by molar-refractivity contribution is -0.261. The van der Waals surface area contributed by atoms with E-state index in [0.29, 0.717) is 24.9 Å². The van der Waals surface area contributed by atoms with Gasteiger partial charge in [0.1, 0.15) is 11.4 Å². The minimum atomic E-state index is -4.85. The van der Waals surface area contributed by atoms with Gasteiger partial charge in [-0.3, -0.25) is 4.68 Å². The van der Waals surface area contributed by atoms with E-state index in [1.54, 1.807) is 23.7 Å². The van der Waals surface area contributed by atoms with E-state index in [1.165, 1.54) is 0 Å².